The van der Waals surface area contributed by atoms with E-state index in [1.807, 2.05) is 0 Å². The Morgan fingerprint density at radius 3 is 2.94 bits per heavy atom. The third-order valence-corrected chi connectivity index (χ3v) is 3.88. The van der Waals surface area contributed by atoms with Crippen LogP contribution in [0.25, 0.3) is 0 Å². The monoisotopic (exact) mass is 287 g/mol. The van der Waals surface area contributed by atoms with Gasteiger partial charge in [0.05, 0.1) is 6.61 Å². The SMILES string of the molecule is CCOC(=O)c1nnc(Sc2n[nH]c(=O)n2C)s1. The molecule has 1 N–H and O–H groups in total. The van der Waals surface area contributed by atoms with Gasteiger partial charge < -0.3 is 4.74 Å². The summed E-state index contributed by atoms with van der Waals surface area (Å²) >= 11 is 2.24. The molecule has 0 spiro atoms. The van der Waals surface area contributed by atoms with Crippen LogP contribution in [-0.4, -0.2) is 37.5 Å². The molecule has 10 heteroatoms. The van der Waals surface area contributed by atoms with Crippen molar-refractivity contribution in [2.45, 2.75) is 16.4 Å². The van der Waals surface area contributed by atoms with Gasteiger partial charge >= 0.3 is 11.7 Å². The number of hydrogen-bond donors (Lipinski definition) is 1. The molecule has 0 unspecified atom stereocenters. The third-order valence-electron chi connectivity index (χ3n) is 1.87. The van der Waals surface area contributed by atoms with Crippen LogP contribution in [0.4, 0.5) is 0 Å². The zero-order valence-electron chi connectivity index (χ0n) is 9.54. The van der Waals surface area contributed by atoms with E-state index in [1.165, 1.54) is 4.57 Å². The molecule has 0 saturated carbocycles. The van der Waals surface area contributed by atoms with E-state index in [4.69, 9.17) is 4.74 Å². The molecule has 0 aliphatic carbocycles. The number of H-pyrrole nitrogens is 1. The normalized spacial score (nSPS) is 10.6. The van der Waals surface area contributed by atoms with Crippen molar-refractivity contribution in [1.29, 1.82) is 0 Å². The first-order valence-electron chi connectivity index (χ1n) is 4.91. The van der Waals surface area contributed by atoms with Crippen LogP contribution in [-0.2, 0) is 11.8 Å². The van der Waals surface area contributed by atoms with E-state index in [1.54, 1.807) is 14.0 Å². The molecule has 0 bridgehead atoms. The lowest BCUT2D eigenvalue weighted by molar-refractivity contribution is 0.0525. The number of hydrogen-bond acceptors (Lipinski definition) is 8. The second kappa shape index (κ2) is 5.31. The van der Waals surface area contributed by atoms with Crippen molar-refractivity contribution in [1.82, 2.24) is 25.0 Å². The zero-order valence-corrected chi connectivity index (χ0v) is 11.2. The molecule has 2 rings (SSSR count). The van der Waals surface area contributed by atoms with Gasteiger partial charge in [-0.1, -0.05) is 11.3 Å². The summed E-state index contributed by atoms with van der Waals surface area (Å²) in [6.45, 7) is 2.00. The van der Waals surface area contributed by atoms with Crippen LogP contribution in [0.3, 0.4) is 0 Å². The molecule has 0 atom stereocenters. The van der Waals surface area contributed by atoms with Gasteiger partial charge in [-0.2, -0.15) is 0 Å². The number of ether oxygens (including phenoxy) is 1. The van der Waals surface area contributed by atoms with Crippen molar-refractivity contribution in [3.05, 3.63) is 15.5 Å². The summed E-state index contributed by atoms with van der Waals surface area (Å²) in [4.78, 5) is 22.5. The highest BCUT2D eigenvalue weighted by Gasteiger charge is 2.16. The molecule has 96 valence electrons. The maximum absolute atomic E-state index is 11.4. The lowest BCUT2D eigenvalue weighted by Crippen LogP contribution is -2.12. The molecular weight excluding hydrogens is 278 g/mol. The van der Waals surface area contributed by atoms with Crippen LogP contribution in [0.5, 0.6) is 0 Å². The second-order valence-electron chi connectivity index (χ2n) is 3.07. The third kappa shape index (κ3) is 2.59. The molecule has 0 amide bonds. The number of nitrogens with one attached hydrogen (secondary N) is 1. The molecule has 0 aromatic carbocycles. The van der Waals surface area contributed by atoms with Crippen molar-refractivity contribution in [3.63, 3.8) is 0 Å². The van der Waals surface area contributed by atoms with Gasteiger partial charge in [-0.25, -0.2) is 14.7 Å². The van der Waals surface area contributed by atoms with Gasteiger partial charge in [-0.05, 0) is 18.7 Å². The minimum Gasteiger partial charge on any atom is -0.461 e. The smallest absolute Gasteiger partial charge is 0.369 e. The molecule has 0 aliphatic heterocycles. The van der Waals surface area contributed by atoms with Crippen molar-refractivity contribution in [3.8, 4) is 0 Å². The summed E-state index contributed by atoms with van der Waals surface area (Å²) in [5, 5.41) is 14.3. The minimum absolute atomic E-state index is 0.180. The van der Waals surface area contributed by atoms with Gasteiger partial charge in [-0.15, -0.1) is 15.3 Å². The highest BCUT2D eigenvalue weighted by molar-refractivity contribution is 8.00. The Morgan fingerprint density at radius 1 is 1.56 bits per heavy atom. The van der Waals surface area contributed by atoms with Crippen molar-refractivity contribution < 1.29 is 9.53 Å². The molecular formula is C8H9N5O3S2. The van der Waals surface area contributed by atoms with E-state index >= 15 is 0 Å². The van der Waals surface area contributed by atoms with Gasteiger partial charge in [-0.3, -0.25) is 4.57 Å². The Hall–Kier alpha value is -1.68. The molecule has 2 aromatic rings. The van der Waals surface area contributed by atoms with Crippen LogP contribution in [0, 0.1) is 0 Å². The van der Waals surface area contributed by atoms with E-state index in [2.05, 4.69) is 20.4 Å². The topological polar surface area (TPSA) is 103 Å². The van der Waals surface area contributed by atoms with Gasteiger partial charge in [0.2, 0.25) is 5.01 Å². The Kier molecular flexibility index (Phi) is 3.77. The van der Waals surface area contributed by atoms with E-state index in [9.17, 15) is 9.59 Å². The highest BCUT2D eigenvalue weighted by Crippen LogP contribution is 2.27. The average molecular weight is 287 g/mol. The lowest BCUT2D eigenvalue weighted by Gasteiger charge is -1.94. The Balaban J connectivity index is 2.14. The van der Waals surface area contributed by atoms with Gasteiger partial charge in [0, 0.05) is 7.05 Å². The first-order valence-corrected chi connectivity index (χ1v) is 6.55. The maximum atomic E-state index is 11.4. The molecule has 0 aliphatic rings. The van der Waals surface area contributed by atoms with Crippen LogP contribution in [0.1, 0.15) is 16.7 Å². The summed E-state index contributed by atoms with van der Waals surface area (Å²) < 4.78 is 6.66. The quantitative estimate of drug-likeness (QED) is 0.806. The first kappa shape index (κ1) is 12.8. The van der Waals surface area contributed by atoms with Gasteiger partial charge in [0.15, 0.2) is 9.50 Å². The molecule has 0 saturated heterocycles. The Morgan fingerprint density at radius 2 is 2.33 bits per heavy atom. The van der Waals surface area contributed by atoms with E-state index in [-0.39, 0.29) is 17.3 Å². The molecule has 0 radical (unpaired) electrons. The van der Waals surface area contributed by atoms with E-state index in [0.29, 0.717) is 9.50 Å². The molecule has 0 fully saturated rings. The number of aromatic nitrogens is 5. The number of rotatable bonds is 4. The predicted molar refractivity (Wildman–Crippen MR) is 63.8 cm³/mol. The van der Waals surface area contributed by atoms with Gasteiger partial charge in [0.1, 0.15) is 0 Å². The van der Waals surface area contributed by atoms with Crippen LogP contribution < -0.4 is 5.69 Å². The molecule has 8 nitrogen and oxygen atoms in total. The fourth-order valence-corrected chi connectivity index (χ4v) is 2.68. The predicted octanol–water partition coefficient (Wildman–Crippen LogP) is 0.288. The van der Waals surface area contributed by atoms with Gasteiger partial charge in [0.25, 0.3) is 0 Å². The Labute approximate surface area is 109 Å². The number of esters is 1. The second-order valence-corrected chi connectivity index (χ2v) is 5.26. The number of aromatic amines is 1. The van der Waals surface area contributed by atoms with Crippen LogP contribution in [0.2, 0.25) is 0 Å². The lowest BCUT2D eigenvalue weighted by atomic mass is 10.7. The number of nitrogens with zero attached hydrogens (tertiary/aromatic N) is 4. The van der Waals surface area contributed by atoms with Crippen molar-refractivity contribution in [2.75, 3.05) is 6.61 Å². The maximum Gasteiger partial charge on any atom is 0.369 e. The van der Waals surface area contributed by atoms with Crippen LogP contribution in [0.15, 0.2) is 14.3 Å². The zero-order chi connectivity index (χ0) is 13.1. The standard InChI is InChI=1S/C8H9N5O3S2/c1-3-16-5(14)4-9-12-8(17-4)18-7-11-10-6(15)13(7)2/h3H2,1-2H3,(H,10,15). The average Bonchev–Trinajstić information content (AvgIpc) is 2.92. The fraction of sp³-hybridized carbons (Fsp3) is 0.375. The van der Waals surface area contributed by atoms with Crippen molar-refractivity contribution >= 4 is 29.1 Å². The number of carbonyl (C=O) groups is 1. The fourth-order valence-electron chi connectivity index (χ4n) is 1.03. The summed E-state index contributed by atoms with van der Waals surface area (Å²) in [7, 11) is 1.58. The largest absolute Gasteiger partial charge is 0.461 e. The highest BCUT2D eigenvalue weighted by atomic mass is 32.2. The number of carbonyl (C=O) groups excluding carboxylic acids is 1. The molecule has 2 aromatic heterocycles. The molecule has 18 heavy (non-hydrogen) atoms. The van der Waals surface area contributed by atoms with Crippen molar-refractivity contribution in [2.24, 2.45) is 7.05 Å². The van der Waals surface area contributed by atoms with Crippen LogP contribution >= 0.6 is 23.1 Å². The minimum atomic E-state index is -0.502. The first-order chi connectivity index (χ1) is 8.61. The summed E-state index contributed by atoms with van der Waals surface area (Å²) in [5.41, 5.74) is -0.312. The summed E-state index contributed by atoms with van der Waals surface area (Å²) in [6, 6.07) is 0. The summed E-state index contributed by atoms with van der Waals surface area (Å²) in [6.07, 6.45) is 0. The Bertz CT molecular complexity index is 616. The molecule has 2 heterocycles. The van der Waals surface area contributed by atoms with E-state index < -0.39 is 5.97 Å². The van der Waals surface area contributed by atoms with E-state index in [0.717, 1.165) is 23.1 Å². The summed E-state index contributed by atoms with van der Waals surface area (Å²) in [5.74, 6) is -0.502.